The highest BCUT2D eigenvalue weighted by Gasteiger charge is 2.23. The van der Waals surface area contributed by atoms with E-state index in [-0.39, 0.29) is 23.8 Å². The molecule has 1 aliphatic heterocycles. The second kappa shape index (κ2) is 5.77. The summed E-state index contributed by atoms with van der Waals surface area (Å²) in [5.41, 5.74) is 0.140. The van der Waals surface area contributed by atoms with Crippen LogP contribution >= 0.6 is 0 Å². The largest absolute Gasteiger partial charge is 0.319 e. The van der Waals surface area contributed by atoms with E-state index in [1.807, 2.05) is 11.9 Å². The summed E-state index contributed by atoms with van der Waals surface area (Å²) in [6, 6.07) is 6.48. The molecule has 0 saturated carbocycles. The average molecular weight is 264 g/mol. The predicted octanol–water partition coefficient (Wildman–Crippen LogP) is 0.437. The summed E-state index contributed by atoms with van der Waals surface area (Å²) in [6.07, 6.45) is 0. The highest BCUT2D eigenvalue weighted by molar-refractivity contribution is 5.94. The topological polar surface area (TPSA) is 87.5 Å². The van der Waals surface area contributed by atoms with Gasteiger partial charge < -0.3 is 10.6 Å². The van der Waals surface area contributed by atoms with Crippen molar-refractivity contribution in [3.8, 4) is 0 Å². The quantitative estimate of drug-likeness (QED) is 0.595. The number of para-hydroxylation sites is 2. The van der Waals surface area contributed by atoms with Gasteiger partial charge in [-0.25, -0.2) is 0 Å². The third kappa shape index (κ3) is 3.27. The predicted molar refractivity (Wildman–Crippen MR) is 71.0 cm³/mol. The van der Waals surface area contributed by atoms with Gasteiger partial charge in [0.1, 0.15) is 5.69 Å². The molecule has 0 aliphatic carbocycles. The van der Waals surface area contributed by atoms with Gasteiger partial charge in [0.05, 0.1) is 11.5 Å². The first-order valence-corrected chi connectivity index (χ1v) is 6.02. The number of amides is 1. The molecule has 1 aromatic rings. The van der Waals surface area contributed by atoms with Crippen LogP contribution in [0.3, 0.4) is 0 Å². The monoisotopic (exact) mass is 264 g/mol. The van der Waals surface area contributed by atoms with E-state index in [9.17, 15) is 14.9 Å². The van der Waals surface area contributed by atoms with Gasteiger partial charge in [-0.1, -0.05) is 12.1 Å². The maximum atomic E-state index is 11.8. The van der Waals surface area contributed by atoms with Gasteiger partial charge in [0, 0.05) is 25.2 Å². The number of anilines is 1. The second-order valence-corrected chi connectivity index (χ2v) is 4.55. The highest BCUT2D eigenvalue weighted by atomic mass is 16.6. The molecule has 0 bridgehead atoms. The maximum Gasteiger partial charge on any atom is 0.292 e. The van der Waals surface area contributed by atoms with Crippen molar-refractivity contribution in [2.24, 2.45) is 0 Å². The smallest absolute Gasteiger partial charge is 0.292 e. The Morgan fingerprint density at radius 3 is 2.79 bits per heavy atom. The fourth-order valence-corrected chi connectivity index (χ4v) is 1.87. The number of carbonyl (C=O) groups excluding carboxylic acids is 1. The number of nitrogens with zero attached hydrogens (tertiary/aromatic N) is 2. The molecule has 102 valence electrons. The normalized spacial score (nSPS) is 15.1. The van der Waals surface area contributed by atoms with Crippen molar-refractivity contribution in [3.63, 3.8) is 0 Å². The van der Waals surface area contributed by atoms with Crippen molar-refractivity contribution in [1.82, 2.24) is 10.2 Å². The van der Waals surface area contributed by atoms with Crippen molar-refractivity contribution in [2.75, 3.05) is 32.0 Å². The van der Waals surface area contributed by atoms with E-state index in [4.69, 9.17) is 0 Å². The minimum absolute atomic E-state index is 0.0937. The number of rotatable bonds is 5. The molecule has 2 N–H and O–H groups in total. The summed E-state index contributed by atoms with van der Waals surface area (Å²) in [7, 11) is 1.87. The van der Waals surface area contributed by atoms with Crippen LogP contribution in [0.2, 0.25) is 0 Å². The molecular weight excluding hydrogens is 248 g/mol. The molecule has 0 atom stereocenters. The summed E-state index contributed by atoms with van der Waals surface area (Å²) in [5, 5.41) is 16.5. The van der Waals surface area contributed by atoms with Crippen molar-refractivity contribution < 1.29 is 9.72 Å². The second-order valence-electron chi connectivity index (χ2n) is 4.55. The lowest BCUT2D eigenvalue weighted by molar-refractivity contribution is -0.383. The minimum Gasteiger partial charge on any atom is -0.319 e. The van der Waals surface area contributed by atoms with Crippen molar-refractivity contribution >= 4 is 17.3 Å². The molecule has 7 heteroatoms. The Morgan fingerprint density at radius 2 is 2.21 bits per heavy atom. The van der Waals surface area contributed by atoms with Crippen LogP contribution in [0.4, 0.5) is 11.4 Å². The van der Waals surface area contributed by atoms with Gasteiger partial charge in [0.25, 0.3) is 5.69 Å². The summed E-state index contributed by atoms with van der Waals surface area (Å²) in [6.45, 7) is 1.96. The Hall–Kier alpha value is -1.99. The number of nitro benzene ring substituents is 1. The number of hydrogen-bond acceptors (Lipinski definition) is 5. The van der Waals surface area contributed by atoms with E-state index in [0.29, 0.717) is 6.04 Å². The first kappa shape index (κ1) is 13.4. The Kier molecular flexibility index (Phi) is 4.08. The van der Waals surface area contributed by atoms with Crippen molar-refractivity contribution in [1.29, 1.82) is 0 Å². The third-order valence-electron chi connectivity index (χ3n) is 3.15. The van der Waals surface area contributed by atoms with Gasteiger partial charge >= 0.3 is 0 Å². The summed E-state index contributed by atoms with van der Waals surface area (Å²) >= 11 is 0. The molecule has 1 amide bonds. The van der Waals surface area contributed by atoms with E-state index < -0.39 is 4.92 Å². The van der Waals surface area contributed by atoms with Crippen LogP contribution in [0.5, 0.6) is 0 Å². The number of nitro groups is 1. The molecule has 1 fully saturated rings. The maximum absolute atomic E-state index is 11.8. The lowest BCUT2D eigenvalue weighted by Crippen LogP contribution is -2.57. The zero-order valence-corrected chi connectivity index (χ0v) is 10.6. The SMILES string of the molecule is CN(CC(=O)Nc1ccccc1[N+](=O)[O-])C1CNC1. The van der Waals surface area contributed by atoms with Gasteiger partial charge in [-0.2, -0.15) is 0 Å². The van der Waals surface area contributed by atoms with E-state index in [2.05, 4.69) is 10.6 Å². The van der Waals surface area contributed by atoms with Gasteiger partial charge in [0.15, 0.2) is 0 Å². The summed E-state index contributed by atoms with van der Waals surface area (Å²) in [5.74, 6) is -0.247. The van der Waals surface area contributed by atoms with Crippen LogP contribution in [0.15, 0.2) is 24.3 Å². The molecule has 0 radical (unpaired) electrons. The van der Waals surface area contributed by atoms with Crippen molar-refractivity contribution in [3.05, 3.63) is 34.4 Å². The van der Waals surface area contributed by atoms with Crippen LogP contribution in [-0.4, -0.2) is 48.5 Å². The standard InChI is InChI=1S/C12H16N4O3/c1-15(9-6-13-7-9)8-12(17)14-10-4-2-3-5-11(10)16(18)19/h2-5,9,13H,6-8H2,1H3,(H,14,17). The lowest BCUT2D eigenvalue weighted by atomic mass is 10.1. The van der Waals surface area contributed by atoms with Crippen LogP contribution < -0.4 is 10.6 Å². The molecule has 0 spiro atoms. The molecule has 0 aromatic heterocycles. The molecular formula is C12H16N4O3. The Bertz CT molecular complexity index is 488. The number of hydrogen-bond donors (Lipinski definition) is 2. The third-order valence-corrected chi connectivity index (χ3v) is 3.15. The lowest BCUT2D eigenvalue weighted by Gasteiger charge is -2.35. The van der Waals surface area contributed by atoms with E-state index in [1.165, 1.54) is 12.1 Å². The average Bonchev–Trinajstić information content (AvgIpc) is 2.26. The fourth-order valence-electron chi connectivity index (χ4n) is 1.87. The fraction of sp³-hybridized carbons (Fsp3) is 0.417. The molecule has 1 saturated heterocycles. The van der Waals surface area contributed by atoms with E-state index >= 15 is 0 Å². The molecule has 1 aliphatic rings. The summed E-state index contributed by atoms with van der Waals surface area (Å²) in [4.78, 5) is 24.1. The molecule has 2 rings (SSSR count). The Morgan fingerprint density at radius 1 is 1.53 bits per heavy atom. The first-order chi connectivity index (χ1) is 9.08. The Balaban J connectivity index is 1.96. The Labute approximate surface area is 110 Å². The van der Waals surface area contributed by atoms with Gasteiger partial charge in [-0.15, -0.1) is 0 Å². The van der Waals surface area contributed by atoms with Crippen LogP contribution in [0, 0.1) is 10.1 Å². The number of carbonyl (C=O) groups is 1. The zero-order valence-electron chi connectivity index (χ0n) is 10.6. The van der Waals surface area contributed by atoms with Gasteiger partial charge in [-0.05, 0) is 13.1 Å². The number of likely N-dealkylation sites (N-methyl/N-ethyl adjacent to an activating group) is 1. The molecule has 1 heterocycles. The minimum atomic E-state index is -0.505. The molecule has 19 heavy (non-hydrogen) atoms. The van der Waals surface area contributed by atoms with Crippen LogP contribution in [-0.2, 0) is 4.79 Å². The summed E-state index contributed by atoms with van der Waals surface area (Å²) < 4.78 is 0. The van der Waals surface area contributed by atoms with Crippen LogP contribution in [0.1, 0.15) is 0 Å². The zero-order chi connectivity index (χ0) is 13.8. The molecule has 0 unspecified atom stereocenters. The molecule has 7 nitrogen and oxygen atoms in total. The number of benzene rings is 1. The first-order valence-electron chi connectivity index (χ1n) is 6.02. The van der Waals surface area contributed by atoms with Crippen molar-refractivity contribution in [2.45, 2.75) is 6.04 Å². The highest BCUT2D eigenvalue weighted by Crippen LogP contribution is 2.22. The van der Waals surface area contributed by atoms with E-state index in [1.54, 1.807) is 12.1 Å². The van der Waals surface area contributed by atoms with Crippen LogP contribution in [0.25, 0.3) is 0 Å². The van der Waals surface area contributed by atoms with Gasteiger partial charge in [0.2, 0.25) is 5.91 Å². The molecule has 1 aromatic carbocycles. The van der Waals surface area contributed by atoms with E-state index in [0.717, 1.165) is 13.1 Å². The number of nitrogens with one attached hydrogen (secondary N) is 2. The van der Waals surface area contributed by atoms with Gasteiger partial charge in [-0.3, -0.25) is 19.8 Å².